The smallest absolute Gasteiger partial charge is 0.268 e. The Balaban J connectivity index is 4.09. The Morgan fingerprint density at radius 3 is 1.37 bits per heavy atom. The molecule has 0 bridgehead atoms. The molecule has 3 unspecified atom stereocenters. The van der Waals surface area contributed by atoms with Gasteiger partial charge in [0.15, 0.2) is 0 Å². The highest BCUT2D eigenvalue weighted by Crippen LogP contribution is 2.38. The highest BCUT2D eigenvalue weighted by molar-refractivity contribution is 7.45. The average Bonchev–Trinajstić information content (AvgIpc) is 3.26. The molecular formula is C56H103N2O6P. The van der Waals surface area contributed by atoms with Gasteiger partial charge in [-0.05, 0) is 64.2 Å². The van der Waals surface area contributed by atoms with Crippen LogP contribution < -0.4 is 10.2 Å². The Kier molecular flexibility index (Phi) is 45.5. The van der Waals surface area contributed by atoms with Gasteiger partial charge in [0, 0.05) is 6.42 Å². The van der Waals surface area contributed by atoms with Crippen LogP contribution in [0.4, 0.5) is 0 Å². The molecule has 9 heteroatoms. The van der Waals surface area contributed by atoms with E-state index in [1.165, 1.54) is 135 Å². The van der Waals surface area contributed by atoms with Gasteiger partial charge in [0.2, 0.25) is 5.91 Å². The molecule has 0 spiro atoms. The molecule has 0 aliphatic heterocycles. The van der Waals surface area contributed by atoms with Crippen LogP contribution >= 0.6 is 7.82 Å². The topological polar surface area (TPSA) is 108 Å². The fourth-order valence-corrected chi connectivity index (χ4v) is 8.20. The molecule has 2 N–H and O–H groups in total. The van der Waals surface area contributed by atoms with E-state index in [1.807, 2.05) is 27.2 Å². The fourth-order valence-electron chi connectivity index (χ4n) is 7.47. The third-order valence-electron chi connectivity index (χ3n) is 11.7. The van der Waals surface area contributed by atoms with Gasteiger partial charge in [0.05, 0.1) is 39.9 Å². The molecule has 0 aliphatic carbocycles. The molecule has 0 rings (SSSR count). The molecule has 0 aromatic carbocycles. The molecule has 1 amide bonds. The van der Waals surface area contributed by atoms with Crippen molar-refractivity contribution in [2.24, 2.45) is 0 Å². The van der Waals surface area contributed by atoms with Crippen molar-refractivity contribution in [3.05, 3.63) is 72.9 Å². The van der Waals surface area contributed by atoms with Gasteiger partial charge < -0.3 is 28.8 Å². The highest BCUT2D eigenvalue weighted by atomic mass is 31.2. The van der Waals surface area contributed by atoms with Crippen LogP contribution in [-0.2, 0) is 18.4 Å². The summed E-state index contributed by atoms with van der Waals surface area (Å²) in [7, 11) is 1.26. The van der Waals surface area contributed by atoms with Crippen molar-refractivity contribution in [1.29, 1.82) is 0 Å². The fraction of sp³-hybridized carbons (Fsp3) is 0.768. The van der Waals surface area contributed by atoms with Crippen molar-refractivity contribution < 1.29 is 32.9 Å². The number of hydrogen-bond acceptors (Lipinski definition) is 6. The molecule has 3 atom stereocenters. The van der Waals surface area contributed by atoms with Gasteiger partial charge in [-0.15, -0.1) is 0 Å². The maximum absolute atomic E-state index is 12.9. The molecule has 0 saturated heterocycles. The average molecular weight is 931 g/mol. The van der Waals surface area contributed by atoms with Crippen molar-refractivity contribution in [2.75, 3.05) is 40.9 Å². The minimum atomic E-state index is -4.59. The molecule has 0 aliphatic rings. The molecule has 0 fully saturated rings. The first kappa shape index (κ1) is 62.9. The van der Waals surface area contributed by atoms with Crippen molar-refractivity contribution in [3.8, 4) is 0 Å². The van der Waals surface area contributed by atoms with Crippen molar-refractivity contribution in [1.82, 2.24) is 5.32 Å². The van der Waals surface area contributed by atoms with E-state index in [-0.39, 0.29) is 19.1 Å². The van der Waals surface area contributed by atoms with Gasteiger partial charge in [-0.3, -0.25) is 9.36 Å². The second-order valence-corrected chi connectivity index (χ2v) is 20.6. The number of allylic oxidation sites excluding steroid dienone is 11. The molecule has 378 valence electrons. The number of nitrogens with one attached hydrogen (secondary N) is 1. The number of unbranched alkanes of at least 4 members (excludes halogenated alkanes) is 25. The lowest BCUT2D eigenvalue weighted by molar-refractivity contribution is -0.870. The number of aliphatic hydroxyl groups excluding tert-OH is 1. The SMILES string of the molecule is CC/C=C\C/C=C\C/C=C\C/C=C\C/C=C\CCCCCCCCCCCCCCCCCC(=O)NC(COP(=O)([O-])OCC[N+](C)(C)C)C(O)/C=C/CCCCCCCCCCCC. The van der Waals surface area contributed by atoms with E-state index in [2.05, 4.69) is 79.9 Å². The van der Waals surface area contributed by atoms with E-state index in [9.17, 15) is 19.4 Å². The van der Waals surface area contributed by atoms with E-state index >= 15 is 0 Å². The molecule has 0 heterocycles. The molecule has 0 saturated carbocycles. The van der Waals surface area contributed by atoms with Gasteiger partial charge in [0.25, 0.3) is 7.82 Å². The van der Waals surface area contributed by atoms with Crippen molar-refractivity contribution in [2.45, 2.75) is 238 Å². The van der Waals surface area contributed by atoms with Crippen LogP contribution in [0.3, 0.4) is 0 Å². The maximum atomic E-state index is 12.9. The molecular weight excluding hydrogens is 828 g/mol. The molecule has 0 aromatic heterocycles. The predicted molar refractivity (Wildman–Crippen MR) is 279 cm³/mol. The Labute approximate surface area is 402 Å². The summed E-state index contributed by atoms with van der Waals surface area (Å²) in [6.45, 7) is 4.52. The van der Waals surface area contributed by atoms with Gasteiger partial charge in [0.1, 0.15) is 13.2 Å². The number of phosphoric acid groups is 1. The summed E-state index contributed by atoms with van der Waals surface area (Å²) in [5.74, 6) is -0.200. The lowest BCUT2D eigenvalue weighted by Crippen LogP contribution is -2.45. The van der Waals surface area contributed by atoms with Gasteiger partial charge >= 0.3 is 0 Å². The van der Waals surface area contributed by atoms with Crippen LogP contribution in [0.15, 0.2) is 72.9 Å². The minimum absolute atomic E-state index is 0.00269. The van der Waals surface area contributed by atoms with Crippen LogP contribution in [0.5, 0.6) is 0 Å². The van der Waals surface area contributed by atoms with Crippen LogP contribution in [-0.4, -0.2) is 68.5 Å². The Bertz CT molecular complexity index is 1290. The van der Waals surface area contributed by atoms with Gasteiger partial charge in [-0.1, -0.05) is 228 Å². The molecule has 8 nitrogen and oxygen atoms in total. The number of phosphoric ester groups is 1. The van der Waals surface area contributed by atoms with E-state index in [0.717, 1.165) is 70.6 Å². The minimum Gasteiger partial charge on any atom is -0.756 e. The summed E-state index contributed by atoms with van der Waals surface area (Å²) in [6, 6.07) is -0.888. The van der Waals surface area contributed by atoms with Gasteiger partial charge in [-0.25, -0.2) is 0 Å². The summed E-state index contributed by atoms with van der Waals surface area (Å²) >= 11 is 0. The number of carbonyl (C=O) groups excluding carboxylic acids is 1. The first-order valence-electron chi connectivity index (χ1n) is 26.8. The van der Waals surface area contributed by atoms with Crippen molar-refractivity contribution in [3.63, 3.8) is 0 Å². The normalized spacial score (nSPS) is 14.6. The second kappa shape index (κ2) is 47.0. The number of rotatable bonds is 48. The summed E-state index contributed by atoms with van der Waals surface area (Å²) < 4.78 is 23.3. The zero-order chi connectivity index (χ0) is 47.8. The second-order valence-electron chi connectivity index (χ2n) is 19.2. The predicted octanol–water partition coefficient (Wildman–Crippen LogP) is 15.3. The largest absolute Gasteiger partial charge is 0.756 e. The van der Waals surface area contributed by atoms with E-state index in [1.54, 1.807) is 6.08 Å². The number of amides is 1. The number of carbonyl (C=O) groups is 1. The summed E-state index contributed by atoms with van der Waals surface area (Å²) in [5, 5.41) is 13.8. The van der Waals surface area contributed by atoms with Crippen LogP contribution in [0.2, 0.25) is 0 Å². The zero-order valence-corrected chi connectivity index (χ0v) is 43.8. The standard InChI is InChI=1S/C56H103N2O6P/c1-6-8-10-12-14-16-18-20-21-22-23-24-25-26-27-28-29-30-31-32-33-34-35-36-37-38-40-42-44-46-48-50-56(60)57-54(53-64-65(61,62)63-52-51-58(3,4)5)55(59)49-47-45-43-41-39-19-17-15-13-11-9-7-2/h8,10,14,16,20-21,23-24,26-27,47,49,54-55,59H,6-7,9,11-13,15,17-19,22,25,28-46,48,50-53H2,1-5H3,(H-,57,60,61,62)/b10-8-,16-14-,21-20-,24-23-,27-26-,49-47+. The Morgan fingerprint density at radius 2 is 0.938 bits per heavy atom. The number of likely N-dealkylation sites (N-methyl/N-ethyl adjacent to an activating group) is 1. The first-order chi connectivity index (χ1) is 31.5. The third kappa shape index (κ3) is 49.7. The van der Waals surface area contributed by atoms with E-state index < -0.39 is 20.0 Å². The number of aliphatic hydroxyl groups is 1. The number of nitrogens with zero attached hydrogens (tertiary/aromatic N) is 1. The Hall–Kier alpha value is -2.06. The van der Waals surface area contributed by atoms with Gasteiger partial charge in [-0.2, -0.15) is 0 Å². The quantitative estimate of drug-likeness (QED) is 0.0272. The lowest BCUT2D eigenvalue weighted by atomic mass is 10.0. The number of quaternary nitrogens is 1. The molecule has 0 aromatic rings. The van der Waals surface area contributed by atoms with Crippen LogP contribution in [0, 0.1) is 0 Å². The van der Waals surface area contributed by atoms with Crippen LogP contribution in [0.1, 0.15) is 226 Å². The monoisotopic (exact) mass is 931 g/mol. The summed E-state index contributed by atoms with van der Waals surface area (Å²) in [5.41, 5.74) is 0. The molecule has 65 heavy (non-hydrogen) atoms. The maximum Gasteiger partial charge on any atom is 0.268 e. The summed E-state index contributed by atoms with van der Waals surface area (Å²) in [4.78, 5) is 25.4. The van der Waals surface area contributed by atoms with E-state index in [0.29, 0.717) is 17.4 Å². The zero-order valence-electron chi connectivity index (χ0n) is 42.9. The number of hydrogen-bond donors (Lipinski definition) is 2. The first-order valence-corrected chi connectivity index (χ1v) is 28.3. The molecule has 0 radical (unpaired) electrons. The van der Waals surface area contributed by atoms with Crippen molar-refractivity contribution >= 4 is 13.7 Å². The third-order valence-corrected chi connectivity index (χ3v) is 12.6. The highest BCUT2D eigenvalue weighted by Gasteiger charge is 2.23. The van der Waals surface area contributed by atoms with Crippen LogP contribution in [0.25, 0.3) is 0 Å². The Morgan fingerprint density at radius 1 is 0.554 bits per heavy atom. The summed E-state index contributed by atoms with van der Waals surface area (Å²) in [6.07, 6.45) is 64.0. The lowest BCUT2D eigenvalue weighted by Gasteiger charge is -2.29. The van der Waals surface area contributed by atoms with E-state index in [4.69, 9.17) is 9.05 Å².